The van der Waals surface area contributed by atoms with E-state index < -0.39 is 0 Å². The third-order valence-electron chi connectivity index (χ3n) is 3.80. The van der Waals surface area contributed by atoms with Gasteiger partial charge < -0.3 is 10.0 Å². The average Bonchev–Trinajstić information content (AvgIpc) is 3.11. The van der Waals surface area contributed by atoms with Crippen LogP contribution in [0.4, 0.5) is 5.13 Å². The summed E-state index contributed by atoms with van der Waals surface area (Å²) in [5.74, 6) is 0. The van der Waals surface area contributed by atoms with E-state index in [9.17, 15) is 5.11 Å². The van der Waals surface area contributed by atoms with Crippen molar-refractivity contribution in [3.05, 3.63) is 30.0 Å². The number of β-amino-alcohol motifs (C(OH)–C–C–N with tert-alkyl or cyclic N) is 1. The number of thiazole rings is 1. The van der Waals surface area contributed by atoms with Crippen molar-refractivity contribution in [2.75, 3.05) is 31.1 Å². The molecule has 0 amide bonds. The van der Waals surface area contributed by atoms with Gasteiger partial charge in [-0.2, -0.15) is 5.10 Å². The number of piperazine rings is 1. The zero-order valence-corrected chi connectivity index (χ0v) is 13.0. The topological polar surface area (TPSA) is 57.4 Å². The number of aromatic nitrogens is 3. The molecule has 6 nitrogen and oxygen atoms in total. The Hall–Kier alpha value is -1.44. The molecule has 0 bridgehead atoms. The molecular weight excluding hydrogens is 286 g/mol. The van der Waals surface area contributed by atoms with E-state index in [4.69, 9.17) is 0 Å². The summed E-state index contributed by atoms with van der Waals surface area (Å²) in [6.07, 6.45) is 5.09. The number of hydrogen-bond acceptors (Lipinski definition) is 6. The molecule has 1 N–H and O–H groups in total. The molecule has 2 aromatic heterocycles. The first-order valence-electron chi connectivity index (χ1n) is 7.26. The zero-order chi connectivity index (χ0) is 14.7. The zero-order valence-electron chi connectivity index (χ0n) is 12.2. The lowest BCUT2D eigenvalue weighted by Crippen LogP contribution is -2.53. The number of aliphatic hydroxyl groups is 1. The maximum Gasteiger partial charge on any atom is 0.185 e. The van der Waals surface area contributed by atoms with E-state index in [0.717, 1.165) is 24.8 Å². The molecule has 1 aliphatic rings. The lowest BCUT2D eigenvalue weighted by atomic mass is 10.2. The molecule has 3 heterocycles. The van der Waals surface area contributed by atoms with Crippen LogP contribution in [0.15, 0.2) is 30.0 Å². The molecule has 0 aromatic carbocycles. The Morgan fingerprint density at radius 1 is 1.38 bits per heavy atom. The van der Waals surface area contributed by atoms with Gasteiger partial charge in [-0.1, -0.05) is 0 Å². The Morgan fingerprint density at radius 2 is 2.29 bits per heavy atom. The van der Waals surface area contributed by atoms with Crippen molar-refractivity contribution in [1.82, 2.24) is 19.7 Å². The highest BCUT2D eigenvalue weighted by atomic mass is 32.1. The minimum Gasteiger partial charge on any atom is -0.390 e. The number of anilines is 1. The number of nitrogens with zero attached hydrogens (tertiary/aromatic N) is 5. The number of rotatable bonds is 5. The molecule has 0 spiro atoms. The summed E-state index contributed by atoms with van der Waals surface area (Å²) in [7, 11) is 0. The van der Waals surface area contributed by atoms with Gasteiger partial charge >= 0.3 is 0 Å². The SMILES string of the molecule is C[C@H]1CN(C[C@H](O)Cn2cccn2)CCN1c1nccs1. The van der Waals surface area contributed by atoms with Crippen molar-refractivity contribution in [1.29, 1.82) is 0 Å². The van der Waals surface area contributed by atoms with Gasteiger partial charge in [0, 0.05) is 56.2 Å². The molecule has 1 saturated heterocycles. The number of aliphatic hydroxyl groups excluding tert-OH is 1. The van der Waals surface area contributed by atoms with E-state index in [2.05, 4.69) is 26.8 Å². The van der Waals surface area contributed by atoms with Gasteiger partial charge in [-0.15, -0.1) is 11.3 Å². The van der Waals surface area contributed by atoms with Crippen LogP contribution in [0.2, 0.25) is 0 Å². The fourth-order valence-electron chi connectivity index (χ4n) is 2.82. The van der Waals surface area contributed by atoms with Crippen molar-refractivity contribution < 1.29 is 5.11 Å². The molecule has 21 heavy (non-hydrogen) atoms. The van der Waals surface area contributed by atoms with Crippen LogP contribution in [0, 0.1) is 0 Å². The summed E-state index contributed by atoms with van der Waals surface area (Å²) in [6.45, 7) is 6.33. The van der Waals surface area contributed by atoms with Gasteiger partial charge in [0.05, 0.1) is 12.6 Å². The van der Waals surface area contributed by atoms with Crippen molar-refractivity contribution in [2.24, 2.45) is 0 Å². The van der Waals surface area contributed by atoms with Gasteiger partial charge in [0.1, 0.15) is 0 Å². The third kappa shape index (κ3) is 3.61. The van der Waals surface area contributed by atoms with Crippen molar-refractivity contribution >= 4 is 16.5 Å². The first kappa shape index (κ1) is 14.5. The highest BCUT2D eigenvalue weighted by molar-refractivity contribution is 7.13. The quantitative estimate of drug-likeness (QED) is 0.890. The molecule has 3 rings (SSSR count). The Labute approximate surface area is 128 Å². The van der Waals surface area contributed by atoms with Crippen molar-refractivity contribution in [2.45, 2.75) is 25.6 Å². The second-order valence-corrected chi connectivity index (χ2v) is 6.37. The highest BCUT2D eigenvalue weighted by Gasteiger charge is 2.26. The molecule has 1 fully saturated rings. The predicted octanol–water partition coefficient (Wildman–Crippen LogP) is 0.911. The monoisotopic (exact) mass is 307 g/mol. The van der Waals surface area contributed by atoms with Gasteiger partial charge in [0.15, 0.2) is 5.13 Å². The van der Waals surface area contributed by atoms with Crippen LogP contribution < -0.4 is 4.90 Å². The molecule has 0 unspecified atom stereocenters. The molecule has 0 aliphatic carbocycles. The first-order valence-corrected chi connectivity index (χ1v) is 8.14. The normalized spacial score (nSPS) is 21.6. The average molecular weight is 307 g/mol. The maximum atomic E-state index is 10.2. The minimum atomic E-state index is -0.386. The third-order valence-corrected chi connectivity index (χ3v) is 4.61. The van der Waals surface area contributed by atoms with Crippen molar-refractivity contribution in [3.8, 4) is 0 Å². The molecule has 2 aromatic rings. The van der Waals surface area contributed by atoms with Crippen LogP contribution in [0.3, 0.4) is 0 Å². The summed E-state index contributed by atoms with van der Waals surface area (Å²) in [5.41, 5.74) is 0. The van der Waals surface area contributed by atoms with Gasteiger partial charge in [-0.3, -0.25) is 9.58 Å². The lowest BCUT2D eigenvalue weighted by Gasteiger charge is -2.40. The molecule has 1 aliphatic heterocycles. The summed E-state index contributed by atoms with van der Waals surface area (Å²) < 4.78 is 1.78. The predicted molar refractivity (Wildman–Crippen MR) is 83.6 cm³/mol. The summed E-state index contributed by atoms with van der Waals surface area (Å²) in [4.78, 5) is 9.06. The van der Waals surface area contributed by atoms with E-state index >= 15 is 0 Å². The second kappa shape index (κ2) is 6.55. The van der Waals surface area contributed by atoms with E-state index in [1.54, 1.807) is 22.2 Å². The fraction of sp³-hybridized carbons (Fsp3) is 0.571. The van der Waals surface area contributed by atoms with Gasteiger partial charge in [0.2, 0.25) is 0 Å². The van der Waals surface area contributed by atoms with Crippen LogP contribution in [-0.2, 0) is 6.54 Å². The van der Waals surface area contributed by atoms with Gasteiger partial charge in [-0.05, 0) is 13.0 Å². The van der Waals surface area contributed by atoms with Crippen LogP contribution in [0.25, 0.3) is 0 Å². The first-order chi connectivity index (χ1) is 10.2. The summed E-state index contributed by atoms with van der Waals surface area (Å²) in [6, 6.07) is 2.29. The van der Waals surface area contributed by atoms with Crippen LogP contribution in [0.5, 0.6) is 0 Å². The smallest absolute Gasteiger partial charge is 0.185 e. The van der Waals surface area contributed by atoms with Crippen LogP contribution in [-0.4, -0.2) is 63.1 Å². The fourth-order valence-corrected chi connectivity index (χ4v) is 3.59. The molecule has 0 radical (unpaired) electrons. The van der Waals surface area contributed by atoms with E-state index in [-0.39, 0.29) is 6.10 Å². The van der Waals surface area contributed by atoms with Gasteiger partial charge in [0.25, 0.3) is 0 Å². The molecule has 2 atom stereocenters. The van der Waals surface area contributed by atoms with E-state index in [1.807, 2.05) is 23.8 Å². The minimum absolute atomic E-state index is 0.386. The van der Waals surface area contributed by atoms with Crippen LogP contribution in [0.1, 0.15) is 6.92 Å². The highest BCUT2D eigenvalue weighted by Crippen LogP contribution is 2.22. The van der Waals surface area contributed by atoms with Crippen LogP contribution >= 0.6 is 11.3 Å². The Balaban J connectivity index is 1.50. The molecular formula is C14H21N5OS. The van der Waals surface area contributed by atoms with E-state index in [1.165, 1.54) is 0 Å². The largest absolute Gasteiger partial charge is 0.390 e. The molecule has 0 saturated carbocycles. The molecule has 7 heteroatoms. The number of hydrogen-bond donors (Lipinski definition) is 1. The summed E-state index contributed by atoms with van der Waals surface area (Å²) in [5, 5.41) is 17.4. The maximum absolute atomic E-state index is 10.2. The standard InChI is InChI=1S/C14H21N5OS/c1-12-9-17(6-7-19(12)14-15-4-8-21-14)10-13(20)11-18-5-2-3-16-18/h2-5,8,12-13,20H,6-7,9-11H2,1H3/t12-,13-/m0/s1. The lowest BCUT2D eigenvalue weighted by molar-refractivity contribution is 0.0863. The Morgan fingerprint density at radius 3 is 2.95 bits per heavy atom. The van der Waals surface area contributed by atoms with E-state index in [0.29, 0.717) is 19.1 Å². The Kier molecular flexibility index (Phi) is 4.52. The second-order valence-electron chi connectivity index (χ2n) is 5.50. The molecule has 114 valence electrons. The Bertz CT molecular complexity index is 528. The summed E-state index contributed by atoms with van der Waals surface area (Å²) >= 11 is 1.69. The van der Waals surface area contributed by atoms with Gasteiger partial charge in [-0.25, -0.2) is 4.98 Å². The van der Waals surface area contributed by atoms with Crippen molar-refractivity contribution in [3.63, 3.8) is 0 Å².